The van der Waals surface area contributed by atoms with Crippen molar-refractivity contribution in [2.45, 2.75) is 39.2 Å². The number of aromatic nitrogens is 1. The molecule has 0 aromatic carbocycles. The van der Waals surface area contributed by atoms with E-state index in [0.29, 0.717) is 5.56 Å². The highest BCUT2D eigenvalue weighted by Crippen LogP contribution is 2.22. The number of rotatable bonds is 3. The smallest absolute Gasteiger partial charge is 0.313 e. The zero-order chi connectivity index (χ0) is 12.5. The second-order valence-electron chi connectivity index (χ2n) is 4.69. The predicted molar refractivity (Wildman–Crippen MR) is 61.7 cm³/mol. The summed E-state index contributed by atoms with van der Waals surface area (Å²) in [4.78, 5) is 22.6. The number of carbonyl (C=O) groups is 1. The van der Waals surface area contributed by atoms with Gasteiger partial charge < -0.3 is 9.67 Å². The van der Waals surface area contributed by atoms with Crippen molar-refractivity contribution >= 4 is 5.97 Å². The van der Waals surface area contributed by atoms with Gasteiger partial charge in [-0.15, -0.1) is 0 Å². The molecule has 0 saturated heterocycles. The number of carboxylic acid groups (broad SMARTS) is 1. The molecular formula is C12H17NO3. The summed E-state index contributed by atoms with van der Waals surface area (Å²) in [7, 11) is 0. The summed E-state index contributed by atoms with van der Waals surface area (Å²) in [5.41, 5.74) is -0.460. The van der Waals surface area contributed by atoms with Gasteiger partial charge in [0.15, 0.2) is 0 Å². The third kappa shape index (κ3) is 2.15. The van der Waals surface area contributed by atoms with Gasteiger partial charge >= 0.3 is 5.97 Å². The zero-order valence-corrected chi connectivity index (χ0v) is 10.0. The van der Waals surface area contributed by atoms with Crippen LogP contribution in [0.5, 0.6) is 0 Å². The molecule has 0 bridgehead atoms. The topological polar surface area (TPSA) is 59.3 Å². The van der Waals surface area contributed by atoms with E-state index in [4.69, 9.17) is 5.11 Å². The fraction of sp³-hybridized carbons (Fsp3) is 0.500. The number of hydrogen-bond donors (Lipinski definition) is 1. The van der Waals surface area contributed by atoms with Crippen LogP contribution in [0.3, 0.4) is 0 Å². The molecule has 1 rings (SSSR count). The van der Waals surface area contributed by atoms with Gasteiger partial charge in [-0.1, -0.05) is 6.07 Å². The monoisotopic (exact) mass is 223 g/mol. The minimum absolute atomic E-state index is 0.0250. The SMILES string of the molecule is CC(C)n1cc(C(C)(C)C(=O)O)ccc1=O. The van der Waals surface area contributed by atoms with Crippen LogP contribution in [0.4, 0.5) is 0 Å². The molecule has 0 atom stereocenters. The van der Waals surface area contributed by atoms with E-state index >= 15 is 0 Å². The maximum atomic E-state index is 11.5. The van der Waals surface area contributed by atoms with Gasteiger partial charge in [0.25, 0.3) is 5.56 Å². The van der Waals surface area contributed by atoms with Gasteiger partial charge in [0.2, 0.25) is 0 Å². The first-order valence-electron chi connectivity index (χ1n) is 5.23. The molecule has 0 aliphatic rings. The van der Waals surface area contributed by atoms with E-state index in [1.54, 1.807) is 30.7 Å². The third-order valence-corrected chi connectivity index (χ3v) is 2.75. The van der Waals surface area contributed by atoms with Gasteiger partial charge in [-0.2, -0.15) is 0 Å². The van der Waals surface area contributed by atoms with Crippen LogP contribution in [0.15, 0.2) is 23.1 Å². The van der Waals surface area contributed by atoms with Crippen LogP contribution in [0.25, 0.3) is 0 Å². The summed E-state index contributed by atoms with van der Waals surface area (Å²) >= 11 is 0. The molecule has 0 saturated carbocycles. The lowest BCUT2D eigenvalue weighted by Crippen LogP contribution is -2.31. The Hall–Kier alpha value is -1.58. The Bertz CT molecular complexity index is 458. The van der Waals surface area contributed by atoms with Gasteiger partial charge in [-0.25, -0.2) is 0 Å². The van der Waals surface area contributed by atoms with Gasteiger partial charge in [-0.05, 0) is 33.3 Å². The van der Waals surface area contributed by atoms with Crippen LogP contribution in [0, 0.1) is 0 Å². The number of nitrogens with zero attached hydrogens (tertiary/aromatic N) is 1. The third-order valence-electron chi connectivity index (χ3n) is 2.75. The maximum Gasteiger partial charge on any atom is 0.313 e. The van der Waals surface area contributed by atoms with Crippen LogP contribution in [-0.2, 0) is 10.2 Å². The molecule has 1 heterocycles. The van der Waals surface area contributed by atoms with Crippen molar-refractivity contribution in [1.29, 1.82) is 0 Å². The van der Waals surface area contributed by atoms with E-state index in [0.717, 1.165) is 0 Å². The Morgan fingerprint density at radius 3 is 2.38 bits per heavy atom. The highest BCUT2D eigenvalue weighted by molar-refractivity contribution is 5.80. The molecule has 1 N–H and O–H groups in total. The van der Waals surface area contributed by atoms with Gasteiger partial charge in [0, 0.05) is 18.3 Å². The molecule has 88 valence electrons. The number of aliphatic carboxylic acids is 1. The molecule has 4 heteroatoms. The highest BCUT2D eigenvalue weighted by atomic mass is 16.4. The number of pyridine rings is 1. The molecule has 1 aromatic rings. The molecule has 1 aromatic heterocycles. The van der Waals surface area contributed by atoms with E-state index < -0.39 is 11.4 Å². The van der Waals surface area contributed by atoms with Gasteiger partial charge in [0.1, 0.15) is 0 Å². The Morgan fingerprint density at radius 2 is 1.94 bits per heavy atom. The molecule has 0 fully saturated rings. The number of hydrogen-bond acceptors (Lipinski definition) is 2. The molecule has 0 amide bonds. The molecule has 0 unspecified atom stereocenters. The first kappa shape index (κ1) is 12.5. The van der Waals surface area contributed by atoms with Crippen LogP contribution in [0.2, 0.25) is 0 Å². The van der Waals surface area contributed by atoms with Crippen LogP contribution in [0.1, 0.15) is 39.3 Å². The van der Waals surface area contributed by atoms with Crippen molar-refractivity contribution in [3.8, 4) is 0 Å². The molecule has 0 aliphatic heterocycles. The average molecular weight is 223 g/mol. The first-order chi connectivity index (χ1) is 7.26. The summed E-state index contributed by atoms with van der Waals surface area (Å²) in [5, 5.41) is 9.11. The average Bonchev–Trinajstić information content (AvgIpc) is 2.17. The lowest BCUT2D eigenvalue weighted by molar-refractivity contribution is -0.142. The fourth-order valence-corrected chi connectivity index (χ4v) is 1.40. The lowest BCUT2D eigenvalue weighted by Gasteiger charge is -2.21. The van der Waals surface area contributed by atoms with Crippen molar-refractivity contribution in [3.05, 3.63) is 34.2 Å². The molecule has 4 nitrogen and oxygen atoms in total. The van der Waals surface area contributed by atoms with Crippen LogP contribution < -0.4 is 5.56 Å². The summed E-state index contributed by atoms with van der Waals surface area (Å²) in [5.74, 6) is -0.901. The van der Waals surface area contributed by atoms with Crippen molar-refractivity contribution in [1.82, 2.24) is 4.57 Å². The Labute approximate surface area is 94.5 Å². The molecule has 0 aliphatic carbocycles. The largest absolute Gasteiger partial charge is 0.481 e. The van der Waals surface area contributed by atoms with Gasteiger partial charge in [-0.3, -0.25) is 9.59 Å². The molecule has 0 spiro atoms. The zero-order valence-electron chi connectivity index (χ0n) is 10.0. The Balaban J connectivity index is 3.33. The van der Waals surface area contributed by atoms with Gasteiger partial charge in [0.05, 0.1) is 5.41 Å². The summed E-state index contributed by atoms with van der Waals surface area (Å²) in [6.45, 7) is 7.03. The first-order valence-corrected chi connectivity index (χ1v) is 5.23. The molecular weight excluding hydrogens is 206 g/mol. The fourth-order valence-electron chi connectivity index (χ4n) is 1.40. The van der Waals surface area contributed by atoms with Crippen LogP contribution >= 0.6 is 0 Å². The quantitative estimate of drug-likeness (QED) is 0.849. The normalized spacial score (nSPS) is 11.8. The Morgan fingerprint density at radius 1 is 1.38 bits per heavy atom. The maximum absolute atomic E-state index is 11.5. The van der Waals surface area contributed by atoms with E-state index in [1.165, 1.54) is 6.07 Å². The summed E-state index contributed by atoms with van der Waals surface area (Å²) < 4.78 is 1.54. The predicted octanol–water partition coefficient (Wildman–Crippen LogP) is 1.79. The van der Waals surface area contributed by atoms with E-state index in [9.17, 15) is 9.59 Å². The second-order valence-corrected chi connectivity index (χ2v) is 4.69. The van der Waals surface area contributed by atoms with Crippen molar-refractivity contribution in [3.63, 3.8) is 0 Å². The minimum atomic E-state index is -0.982. The van der Waals surface area contributed by atoms with Crippen molar-refractivity contribution in [2.24, 2.45) is 0 Å². The summed E-state index contributed by atoms with van der Waals surface area (Å²) in [6.07, 6.45) is 1.63. The molecule has 0 radical (unpaired) electrons. The standard InChI is InChI=1S/C12H17NO3/c1-8(2)13-7-9(5-6-10(13)14)12(3,4)11(15)16/h5-8H,1-4H3,(H,15,16). The molecule has 16 heavy (non-hydrogen) atoms. The van der Waals surface area contributed by atoms with Crippen molar-refractivity contribution in [2.75, 3.05) is 0 Å². The number of carboxylic acids is 1. The minimum Gasteiger partial charge on any atom is -0.481 e. The van der Waals surface area contributed by atoms with Crippen molar-refractivity contribution < 1.29 is 9.90 Å². The van der Waals surface area contributed by atoms with E-state index in [1.807, 2.05) is 13.8 Å². The second kappa shape index (κ2) is 4.12. The van der Waals surface area contributed by atoms with Crippen LogP contribution in [-0.4, -0.2) is 15.6 Å². The summed E-state index contributed by atoms with van der Waals surface area (Å²) in [6, 6.07) is 3.02. The van der Waals surface area contributed by atoms with E-state index in [2.05, 4.69) is 0 Å². The highest BCUT2D eigenvalue weighted by Gasteiger charge is 2.30. The van der Waals surface area contributed by atoms with E-state index in [-0.39, 0.29) is 11.6 Å². The Kier molecular flexibility index (Phi) is 3.21. The lowest BCUT2D eigenvalue weighted by atomic mass is 9.86.